The van der Waals surface area contributed by atoms with Crippen LogP contribution in [0.25, 0.3) is 5.69 Å². The molecule has 0 amide bonds. The molecule has 2 rings (SSSR count). The second kappa shape index (κ2) is 3.46. The molecule has 2 aromatic rings. The number of nitrogens with zero attached hydrogens (tertiary/aromatic N) is 2. The van der Waals surface area contributed by atoms with Gasteiger partial charge in [-0.2, -0.15) is 0 Å². The van der Waals surface area contributed by atoms with E-state index in [1.54, 1.807) is 6.20 Å². The highest BCUT2D eigenvalue weighted by Crippen LogP contribution is 2.25. The lowest BCUT2D eigenvalue weighted by atomic mass is 10.2. The molecule has 1 aromatic heterocycles. The fourth-order valence-electron chi connectivity index (χ4n) is 1.34. The number of nitrogens with two attached hydrogens (primary N) is 1. The average molecular weight is 252 g/mol. The summed E-state index contributed by atoms with van der Waals surface area (Å²) in [7, 11) is 0. The molecule has 0 bridgehead atoms. The van der Waals surface area contributed by atoms with Crippen LogP contribution in [0.4, 0.5) is 5.95 Å². The normalized spacial score (nSPS) is 10.4. The molecule has 0 unspecified atom stereocenters. The van der Waals surface area contributed by atoms with Gasteiger partial charge in [-0.05, 0) is 34.5 Å². The first-order valence-corrected chi connectivity index (χ1v) is 5.04. The smallest absolute Gasteiger partial charge is 0.204 e. The predicted octanol–water partition coefficient (Wildman–Crippen LogP) is 2.53. The Morgan fingerprint density at radius 2 is 2.21 bits per heavy atom. The van der Waals surface area contributed by atoms with Crippen LogP contribution in [-0.2, 0) is 0 Å². The summed E-state index contributed by atoms with van der Waals surface area (Å²) < 4.78 is 2.89. The van der Waals surface area contributed by atoms with Crippen molar-refractivity contribution in [2.45, 2.75) is 6.92 Å². The minimum Gasteiger partial charge on any atom is -0.369 e. The second-order valence-corrected chi connectivity index (χ2v) is 3.86. The second-order valence-electron chi connectivity index (χ2n) is 3.06. The van der Waals surface area contributed by atoms with E-state index in [9.17, 15) is 0 Å². The highest BCUT2D eigenvalue weighted by atomic mass is 79.9. The molecule has 0 saturated heterocycles. The summed E-state index contributed by atoms with van der Waals surface area (Å²) >= 11 is 3.53. The molecule has 0 aliphatic carbocycles. The molecule has 1 heterocycles. The van der Waals surface area contributed by atoms with Crippen molar-refractivity contribution >= 4 is 21.9 Å². The molecule has 0 saturated carbocycles. The SMILES string of the molecule is Cc1cccc(-n2ccnc2N)c1Br. The van der Waals surface area contributed by atoms with Crippen molar-refractivity contribution in [3.05, 3.63) is 40.6 Å². The number of aromatic nitrogens is 2. The van der Waals surface area contributed by atoms with Crippen LogP contribution >= 0.6 is 15.9 Å². The van der Waals surface area contributed by atoms with Gasteiger partial charge in [-0.3, -0.25) is 4.57 Å². The highest BCUT2D eigenvalue weighted by molar-refractivity contribution is 9.10. The van der Waals surface area contributed by atoms with Crippen LogP contribution in [0.15, 0.2) is 35.1 Å². The van der Waals surface area contributed by atoms with E-state index in [-0.39, 0.29) is 0 Å². The maximum Gasteiger partial charge on any atom is 0.204 e. The van der Waals surface area contributed by atoms with E-state index in [0.29, 0.717) is 5.95 Å². The largest absolute Gasteiger partial charge is 0.369 e. The molecule has 1 aromatic carbocycles. The van der Waals surface area contributed by atoms with Crippen LogP contribution in [-0.4, -0.2) is 9.55 Å². The van der Waals surface area contributed by atoms with Crippen LogP contribution in [0.5, 0.6) is 0 Å². The number of rotatable bonds is 1. The Morgan fingerprint density at radius 3 is 2.86 bits per heavy atom. The highest BCUT2D eigenvalue weighted by Gasteiger charge is 2.06. The topological polar surface area (TPSA) is 43.8 Å². The van der Waals surface area contributed by atoms with Crippen LogP contribution < -0.4 is 5.73 Å². The molecule has 0 spiro atoms. The molecule has 0 aliphatic heterocycles. The molecule has 3 nitrogen and oxygen atoms in total. The van der Waals surface area contributed by atoms with Gasteiger partial charge in [0.2, 0.25) is 5.95 Å². The van der Waals surface area contributed by atoms with Gasteiger partial charge in [-0.25, -0.2) is 4.98 Å². The Bertz CT molecular complexity index is 462. The number of halogens is 1. The van der Waals surface area contributed by atoms with Gasteiger partial charge in [0.15, 0.2) is 0 Å². The lowest BCUT2D eigenvalue weighted by Crippen LogP contribution is -2.00. The molecule has 0 radical (unpaired) electrons. The molecular formula is C10H10BrN3. The Labute approximate surface area is 90.7 Å². The number of hydrogen-bond donors (Lipinski definition) is 1. The van der Waals surface area contributed by atoms with Gasteiger partial charge in [0.1, 0.15) is 0 Å². The zero-order valence-electron chi connectivity index (χ0n) is 7.74. The monoisotopic (exact) mass is 251 g/mol. The van der Waals surface area contributed by atoms with Crippen LogP contribution in [0.1, 0.15) is 5.56 Å². The Morgan fingerprint density at radius 1 is 1.43 bits per heavy atom. The van der Waals surface area contributed by atoms with Crippen LogP contribution in [0.2, 0.25) is 0 Å². The Hall–Kier alpha value is -1.29. The van der Waals surface area contributed by atoms with Gasteiger partial charge in [0, 0.05) is 16.9 Å². The van der Waals surface area contributed by atoms with Gasteiger partial charge >= 0.3 is 0 Å². The van der Waals surface area contributed by atoms with Gasteiger partial charge in [-0.15, -0.1) is 0 Å². The summed E-state index contributed by atoms with van der Waals surface area (Å²) in [4.78, 5) is 3.98. The van der Waals surface area contributed by atoms with Gasteiger partial charge in [-0.1, -0.05) is 12.1 Å². The lowest BCUT2D eigenvalue weighted by Gasteiger charge is -2.08. The first-order valence-electron chi connectivity index (χ1n) is 4.24. The van der Waals surface area contributed by atoms with E-state index >= 15 is 0 Å². The first kappa shape index (κ1) is 9.27. The third-order valence-electron chi connectivity index (χ3n) is 2.10. The van der Waals surface area contributed by atoms with Crippen molar-refractivity contribution in [2.75, 3.05) is 5.73 Å². The maximum atomic E-state index is 5.72. The molecule has 14 heavy (non-hydrogen) atoms. The number of imidazole rings is 1. The van der Waals surface area contributed by atoms with Gasteiger partial charge in [0.25, 0.3) is 0 Å². The maximum absolute atomic E-state index is 5.72. The quantitative estimate of drug-likeness (QED) is 0.847. The van der Waals surface area contributed by atoms with Gasteiger partial charge < -0.3 is 5.73 Å². The third kappa shape index (κ3) is 1.42. The average Bonchev–Trinajstić information content (AvgIpc) is 2.57. The first-order chi connectivity index (χ1) is 6.70. The summed E-state index contributed by atoms with van der Waals surface area (Å²) in [5.41, 5.74) is 7.91. The Balaban J connectivity index is 2.63. The lowest BCUT2D eigenvalue weighted by molar-refractivity contribution is 1.06. The van der Waals surface area contributed by atoms with Crippen molar-refractivity contribution in [1.29, 1.82) is 0 Å². The molecule has 2 N–H and O–H groups in total. The molecule has 0 aliphatic rings. The predicted molar refractivity (Wildman–Crippen MR) is 60.4 cm³/mol. The number of aryl methyl sites for hydroxylation is 1. The molecule has 4 heteroatoms. The van der Waals surface area contributed by atoms with Gasteiger partial charge in [0.05, 0.1) is 5.69 Å². The van der Waals surface area contributed by atoms with E-state index in [0.717, 1.165) is 10.2 Å². The van der Waals surface area contributed by atoms with Crippen LogP contribution in [0, 0.1) is 6.92 Å². The molecular weight excluding hydrogens is 242 g/mol. The molecule has 0 fully saturated rings. The minimum atomic E-state index is 0.497. The number of benzene rings is 1. The summed E-state index contributed by atoms with van der Waals surface area (Å²) in [6.07, 6.45) is 3.53. The molecule has 0 atom stereocenters. The minimum absolute atomic E-state index is 0.497. The number of anilines is 1. The van der Waals surface area contributed by atoms with Crippen molar-refractivity contribution in [3.63, 3.8) is 0 Å². The zero-order valence-corrected chi connectivity index (χ0v) is 9.32. The zero-order chi connectivity index (χ0) is 10.1. The fraction of sp³-hybridized carbons (Fsp3) is 0.100. The summed E-state index contributed by atoms with van der Waals surface area (Å²) in [5.74, 6) is 0.497. The molecule has 72 valence electrons. The number of nitrogen functional groups attached to an aromatic ring is 1. The van der Waals surface area contributed by atoms with E-state index < -0.39 is 0 Å². The summed E-state index contributed by atoms with van der Waals surface area (Å²) in [6.45, 7) is 2.04. The fourth-order valence-corrected chi connectivity index (χ4v) is 1.79. The van der Waals surface area contributed by atoms with Crippen molar-refractivity contribution < 1.29 is 0 Å². The van der Waals surface area contributed by atoms with E-state index in [2.05, 4.69) is 20.9 Å². The van der Waals surface area contributed by atoms with E-state index in [1.165, 1.54) is 5.56 Å². The summed E-state index contributed by atoms with van der Waals surface area (Å²) in [5, 5.41) is 0. The van der Waals surface area contributed by atoms with Crippen molar-refractivity contribution in [2.24, 2.45) is 0 Å². The third-order valence-corrected chi connectivity index (χ3v) is 3.13. The number of hydrogen-bond acceptors (Lipinski definition) is 2. The van der Waals surface area contributed by atoms with Crippen LogP contribution in [0.3, 0.4) is 0 Å². The Kier molecular flexibility index (Phi) is 2.29. The van der Waals surface area contributed by atoms with Crippen molar-refractivity contribution in [3.8, 4) is 5.69 Å². The van der Waals surface area contributed by atoms with Crippen molar-refractivity contribution in [1.82, 2.24) is 9.55 Å². The van der Waals surface area contributed by atoms with E-state index in [4.69, 9.17) is 5.73 Å². The standard InChI is InChI=1S/C10H10BrN3/c1-7-3-2-4-8(9(7)11)14-6-5-13-10(14)12/h2-6H,1H3,(H2,12,13). The van der Waals surface area contributed by atoms with E-state index in [1.807, 2.05) is 35.9 Å². The summed E-state index contributed by atoms with van der Waals surface area (Å²) in [6, 6.07) is 6.03.